The van der Waals surface area contributed by atoms with Crippen molar-refractivity contribution in [2.24, 2.45) is 17.8 Å². The van der Waals surface area contributed by atoms with Gasteiger partial charge in [0.25, 0.3) is 0 Å². The lowest BCUT2D eigenvalue weighted by Crippen LogP contribution is -2.60. The highest BCUT2D eigenvalue weighted by Crippen LogP contribution is 2.55. The maximum absolute atomic E-state index is 12.7. The number of hydrogen-bond acceptors (Lipinski definition) is 2. The summed E-state index contributed by atoms with van der Waals surface area (Å²) in [5.41, 5.74) is 1.90. The van der Waals surface area contributed by atoms with Gasteiger partial charge in [-0.15, -0.1) is 0 Å². The molecular formula is C22H29N3O2. The molecule has 1 heterocycles. The molecule has 4 bridgehead atoms. The molecule has 5 nitrogen and oxygen atoms in total. The van der Waals surface area contributed by atoms with Crippen LogP contribution in [0.3, 0.4) is 0 Å². The molecule has 0 spiro atoms. The van der Waals surface area contributed by atoms with Crippen LogP contribution in [0.5, 0.6) is 0 Å². The zero-order valence-corrected chi connectivity index (χ0v) is 15.9. The van der Waals surface area contributed by atoms with E-state index in [9.17, 15) is 9.59 Å². The number of likely N-dealkylation sites (tertiary alicyclic amines) is 1. The van der Waals surface area contributed by atoms with E-state index in [4.69, 9.17) is 0 Å². The predicted molar refractivity (Wildman–Crippen MR) is 104 cm³/mol. The summed E-state index contributed by atoms with van der Waals surface area (Å²) >= 11 is 0. The molecule has 4 saturated carbocycles. The van der Waals surface area contributed by atoms with E-state index < -0.39 is 0 Å². The number of benzene rings is 1. The second kappa shape index (κ2) is 6.54. The van der Waals surface area contributed by atoms with Gasteiger partial charge in [0.1, 0.15) is 0 Å². The number of anilines is 1. The van der Waals surface area contributed by atoms with Gasteiger partial charge in [0.2, 0.25) is 5.91 Å². The molecule has 1 saturated heterocycles. The highest BCUT2D eigenvalue weighted by Gasteiger charge is 2.51. The molecule has 1 aliphatic heterocycles. The molecule has 0 unspecified atom stereocenters. The molecule has 0 atom stereocenters. The van der Waals surface area contributed by atoms with E-state index >= 15 is 0 Å². The van der Waals surface area contributed by atoms with Crippen LogP contribution < -0.4 is 10.6 Å². The number of carbonyl (C=O) groups is 2. The first-order valence-electron chi connectivity index (χ1n) is 10.5. The Balaban J connectivity index is 1.22. The van der Waals surface area contributed by atoms with E-state index in [1.54, 1.807) is 0 Å². The van der Waals surface area contributed by atoms with Gasteiger partial charge < -0.3 is 15.5 Å². The van der Waals surface area contributed by atoms with E-state index in [0.717, 1.165) is 61.2 Å². The first-order chi connectivity index (χ1) is 13.1. The van der Waals surface area contributed by atoms with Crippen molar-refractivity contribution in [1.29, 1.82) is 0 Å². The van der Waals surface area contributed by atoms with Crippen LogP contribution in [0.2, 0.25) is 0 Å². The van der Waals surface area contributed by atoms with Crippen LogP contribution in [0, 0.1) is 17.8 Å². The third kappa shape index (κ3) is 3.44. The molecule has 1 aromatic rings. The van der Waals surface area contributed by atoms with E-state index in [0.29, 0.717) is 13.0 Å². The lowest BCUT2D eigenvalue weighted by Gasteiger charge is -2.56. The van der Waals surface area contributed by atoms with Gasteiger partial charge in [-0.05, 0) is 80.4 Å². The monoisotopic (exact) mass is 367 g/mol. The molecule has 27 heavy (non-hydrogen) atoms. The quantitative estimate of drug-likeness (QED) is 0.848. The average molecular weight is 367 g/mol. The summed E-state index contributed by atoms with van der Waals surface area (Å²) in [6.45, 7) is 1.47. The van der Waals surface area contributed by atoms with Crippen LogP contribution in [-0.4, -0.2) is 28.9 Å². The van der Waals surface area contributed by atoms with Crippen LogP contribution in [0.4, 0.5) is 10.5 Å². The SMILES string of the molecule is O=C(Nc1cccc(CN2CCCC2=O)c1)NC12CC3CC(CC(C3)C1)C2. The summed E-state index contributed by atoms with van der Waals surface area (Å²) < 4.78 is 0. The fourth-order valence-corrected chi connectivity index (χ4v) is 6.51. The summed E-state index contributed by atoms with van der Waals surface area (Å²) in [6, 6.07) is 7.81. The summed E-state index contributed by atoms with van der Waals surface area (Å²) in [4.78, 5) is 26.5. The van der Waals surface area contributed by atoms with Gasteiger partial charge in [0.15, 0.2) is 0 Å². The normalized spacial score (nSPS) is 34.1. The van der Waals surface area contributed by atoms with Gasteiger partial charge in [-0.3, -0.25) is 4.79 Å². The highest BCUT2D eigenvalue weighted by atomic mass is 16.2. The Morgan fingerprint density at radius 1 is 1.11 bits per heavy atom. The summed E-state index contributed by atoms with van der Waals surface area (Å²) in [5, 5.41) is 6.40. The van der Waals surface area contributed by atoms with Gasteiger partial charge in [-0.25, -0.2) is 4.79 Å². The standard InChI is InChI=1S/C22H29N3O2/c26-20-5-2-6-25(20)14-15-3-1-4-19(10-15)23-21(27)24-22-11-16-7-17(12-22)9-18(8-16)13-22/h1,3-4,10,16-18H,2,5-9,11-14H2,(H2,23,24,27). The number of rotatable bonds is 4. The molecule has 5 heteroatoms. The molecular weight excluding hydrogens is 338 g/mol. The van der Waals surface area contributed by atoms with Gasteiger partial charge in [0, 0.05) is 30.7 Å². The molecule has 6 rings (SSSR count). The number of carbonyl (C=O) groups excluding carboxylic acids is 2. The first kappa shape index (κ1) is 17.1. The Morgan fingerprint density at radius 2 is 1.81 bits per heavy atom. The average Bonchev–Trinajstić information content (AvgIpc) is 2.98. The summed E-state index contributed by atoms with van der Waals surface area (Å²) in [5.74, 6) is 2.68. The second-order valence-corrected chi connectivity index (χ2v) is 9.40. The van der Waals surface area contributed by atoms with Gasteiger partial charge in [-0.1, -0.05) is 12.1 Å². The van der Waals surface area contributed by atoms with E-state index in [2.05, 4.69) is 10.6 Å². The van der Waals surface area contributed by atoms with Crippen molar-refractivity contribution in [3.05, 3.63) is 29.8 Å². The van der Waals surface area contributed by atoms with Crippen LogP contribution in [0.25, 0.3) is 0 Å². The molecule has 5 fully saturated rings. The minimum absolute atomic E-state index is 0.0262. The molecule has 0 aromatic heterocycles. The Bertz CT molecular complexity index is 724. The maximum Gasteiger partial charge on any atom is 0.319 e. The molecule has 2 N–H and O–H groups in total. The van der Waals surface area contributed by atoms with Gasteiger partial charge in [0.05, 0.1) is 0 Å². The van der Waals surface area contributed by atoms with Crippen LogP contribution in [-0.2, 0) is 11.3 Å². The van der Waals surface area contributed by atoms with Crippen molar-refractivity contribution in [3.63, 3.8) is 0 Å². The number of amides is 3. The molecule has 0 radical (unpaired) electrons. The smallest absolute Gasteiger partial charge is 0.319 e. The topological polar surface area (TPSA) is 61.4 Å². The number of hydrogen-bond donors (Lipinski definition) is 2. The van der Waals surface area contributed by atoms with E-state index in [1.807, 2.05) is 29.2 Å². The van der Waals surface area contributed by atoms with Gasteiger partial charge >= 0.3 is 6.03 Å². The second-order valence-electron chi connectivity index (χ2n) is 9.40. The van der Waals surface area contributed by atoms with Gasteiger partial charge in [-0.2, -0.15) is 0 Å². The molecule has 5 aliphatic rings. The number of urea groups is 1. The summed E-state index contributed by atoms with van der Waals surface area (Å²) in [6.07, 6.45) is 9.20. The zero-order chi connectivity index (χ0) is 18.4. The predicted octanol–water partition coefficient (Wildman–Crippen LogP) is 3.90. The summed E-state index contributed by atoms with van der Waals surface area (Å²) in [7, 11) is 0. The van der Waals surface area contributed by atoms with Crippen molar-refractivity contribution >= 4 is 17.6 Å². The van der Waals surface area contributed by atoms with Crippen LogP contribution >= 0.6 is 0 Å². The van der Waals surface area contributed by atoms with Crippen LogP contribution in [0.1, 0.15) is 56.9 Å². The fraction of sp³-hybridized carbons (Fsp3) is 0.636. The Hall–Kier alpha value is -2.04. The van der Waals surface area contributed by atoms with Crippen molar-refractivity contribution in [2.45, 2.75) is 63.5 Å². The van der Waals surface area contributed by atoms with Crippen molar-refractivity contribution in [2.75, 3.05) is 11.9 Å². The third-order valence-corrected chi connectivity index (χ3v) is 7.15. The lowest BCUT2D eigenvalue weighted by atomic mass is 9.53. The zero-order valence-electron chi connectivity index (χ0n) is 15.9. The molecule has 4 aliphatic carbocycles. The van der Waals surface area contributed by atoms with E-state index in [-0.39, 0.29) is 17.5 Å². The molecule has 144 valence electrons. The first-order valence-corrected chi connectivity index (χ1v) is 10.5. The van der Waals surface area contributed by atoms with Crippen molar-refractivity contribution < 1.29 is 9.59 Å². The maximum atomic E-state index is 12.7. The Kier molecular flexibility index (Phi) is 4.14. The molecule has 1 aromatic carbocycles. The Labute approximate surface area is 160 Å². The lowest BCUT2D eigenvalue weighted by molar-refractivity contribution is -0.128. The molecule has 3 amide bonds. The minimum Gasteiger partial charge on any atom is -0.338 e. The minimum atomic E-state index is -0.0775. The van der Waals surface area contributed by atoms with Crippen molar-refractivity contribution in [3.8, 4) is 0 Å². The van der Waals surface area contributed by atoms with Crippen LogP contribution in [0.15, 0.2) is 24.3 Å². The number of nitrogens with one attached hydrogen (secondary N) is 2. The number of nitrogens with zero attached hydrogens (tertiary/aromatic N) is 1. The van der Waals surface area contributed by atoms with E-state index in [1.165, 1.54) is 19.3 Å². The third-order valence-electron chi connectivity index (χ3n) is 7.15. The fourth-order valence-electron chi connectivity index (χ4n) is 6.51. The largest absolute Gasteiger partial charge is 0.338 e. The highest BCUT2D eigenvalue weighted by molar-refractivity contribution is 5.90. The van der Waals surface area contributed by atoms with Crippen molar-refractivity contribution in [1.82, 2.24) is 10.2 Å². The Morgan fingerprint density at radius 3 is 2.44 bits per heavy atom.